The molecule has 2 aromatic carbocycles. The van der Waals surface area contributed by atoms with Crippen LogP contribution in [0.5, 0.6) is 0 Å². The van der Waals surface area contributed by atoms with Crippen LogP contribution in [0.4, 0.5) is 0 Å². The van der Waals surface area contributed by atoms with Crippen molar-refractivity contribution in [2.75, 3.05) is 0 Å². The molecule has 0 fully saturated rings. The van der Waals surface area contributed by atoms with Crippen LogP contribution in [0.15, 0.2) is 54.6 Å². The van der Waals surface area contributed by atoms with E-state index in [-0.39, 0.29) is 0 Å². The Hall–Kier alpha value is -1.56. The van der Waals surface area contributed by atoms with Crippen molar-refractivity contribution in [3.63, 3.8) is 0 Å². The topological polar surface area (TPSA) is 0 Å². The third kappa shape index (κ3) is 3.46. The quantitative estimate of drug-likeness (QED) is 0.688. The normalized spacial score (nSPS) is 12.3. The van der Waals surface area contributed by atoms with E-state index in [1.807, 2.05) is 0 Å². The second-order valence-corrected chi connectivity index (χ2v) is 5.02. The molecule has 1 unspecified atom stereocenters. The molecule has 0 saturated carbocycles. The van der Waals surface area contributed by atoms with Crippen molar-refractivity contribution in [2.45, 2.75) is 39.0 Å². The predicted molar refractivity (Wildman–Crippen MR) is 79.0 cm³/mol. The molecule has 0 bridgehead atoms. The first kappa shape index (κ1) is 12.9. The van der Waals surface area contributed by atoms with Crippen molar-refractivity contribution in [1.29, 1.82) is 0 Å². The Morgan fingerprint density at radius 2 is 1.50 bits per heavy atom. The largest absolute Gasteiger partial charge is 0.0622 e. The average Bonchev–Trinajstić information content (AvgIpc) is 2.46. The van der Waals surface area contributed by atoms with Gasteiger partial charge in [-0.25, -0.2) is 0 Å². The van der Waals surface area contributed by atoms with E-state index >= 15 is 0 Å². The first-order valence-electron chi connectivity index (χ1n) is 6.92. The fourth-order valence-corrected chi connectivity index (χ4v) is 2.28. The van der Waals surface area contributed by atoms with Gasteiger partial charge in [-0.1, -0.05) is 68.4 Å². The van der Waals surface area contributed by atoms with Crippen molar-refractivity contribution in [3.8, 4) is 0 Å². The van der Waals surface area contributed by atoms with Crippen molar-refractivity contribution in [1.82, 2.24) is 0 Å². The molecular formula is C18H22. The summed E-state index contributed by atoms with van der Waals surface area (Å²) in [6.45, 7) is 4.53. The maximum Gasteiger partial charge on any atom is -0.0187 e. The van der Waals surface area contributed by atoms with Gasteiger partial charge in [0.2, 0.25) is 0 Å². The molecule has 0 spiro atoms. The molecule has 2 rings (SSSR count). The Bertz CT molecular complexity index is 453. The lowest BCUT2D eigenvalue weighted by Crippen LogP contribution is -1.96. The van der Waals surface area contributed by atoms with Crippen molar-refractivity contribution < 1.29 is 0 Å². The molecule has 2 aromatic rings. The summed E-state index contributed by atoms with van der Waals surface area (Å²) in [5, 5.41) is 0. The molecule has 0 N–H and O–H groups in total. The van der Waals surface area contributed by atoms with Crippen molar-refractivity contribution >= 4 is 0 Å². The molecule has 0 heterocycles. The summed E-state index contributed by atoms with van der Waals surface area (Å²) in [6.07, 6.45) is 3.51. The Kier molecular flexibility index (Phi) is 4.58. The van der Waals surface area contributed by atoms with E-state index in [9.17, 15) is 0 Å². The van der Waals surface area contributed by atoms with Crippen LogP contribution in [-0.2, 0) is 12.8 Å². The van der Waals surface area contributed by atoms with Gasteiger partial charge in [-0.2, -0.15) is 0 Å². The third-order valence-corrected chi connectivity index (χ3v) is 3.67. The highest BCUT2D eigenvalue weighted by Crippen LogP contribution is 2.21. The average molecular weight is 238 g/mol. The van der Waals surface area contributed by atoms with Crippen LogP contribution in [0.2, 0.25) is 0 Å². The zero-order chi connectivity index (χ0) is 12.8. The van der Waals surface area contributed by atoms with E-state index in [2.05, 4.69) is 68.4 Å². The van der Waals surface area contributed by atoms with Crippen LogP contribution in [0.25, 0.3) is 0 Å². The maximum absolute atomic E-state index is 2.32. The molecule has 94 valence electrons. The SMILES string of the molecule is CCc1ccc(C(C)CCc2ccccc2)cc1. The second-order valence-electron chi connectivity index (χ2n) is 5.02. The molecule has 0 heteroatoms. The van der Waals surface area contributed by atoms with E-state index in [1.165, 1.54) is 23.1 Å². The van der Waals surface area contributed by atoms with Gasteiger partial charge in [0.25, 0.3) is 0 Å². The minimum atomic E-state index is 0.635. The van der Waals surface area contributed by atoms with Crippen LogP contribution in [0.1, 0.15) is 42.9 Å². The van der Waals surface area contributed by atoms with Gasteiger partial charge >= 0.3 is 0 Å². The lowest BCUT2D eigenvalue weighted by molar-refractivity contribution is 0.679. The fraction of sp³-hybridized carbons (Fsp3) is 0.333. The Morgan fingerprint density at radius 1 is 0.833 bits per heavy atom. The van der Waals surface area contributed by atoms with E-state index < -0.39 is 0 Å². The minimum Gasteiger partial charge on any atom is -0.0622 e. The molecule has 0 amide bonds. The molecule has 0 radical (unpaired) electrons. The van der Waals surface area contributed by atoms with Crippen molar-refractivity contribution in [2.24, 2.45) is 0 Å². The molecule has 1 atom stereocenters. The number of rotatable bonds is 5. The van der Waals surface area contributed by atoms with E-state index in [0.29, 0.717) is 5.92 Å². The molecule has 0 aliphatic rings. The van der Waals surface area contributed by atoms with Crippen LogP contribution >= 0.6 is 0 Å². The van der Waals surface area contributed by atoms with Crippen LogP contribution in [0.3, 0.4) is 0 Å². The maximum atomic E-state index is 2.32. The van der Waals surface area contributed by atoms with Gasteiger partial charge in [0.1, 0.15) is 0 Å². The minimum absolute atomic E-state index is 0.635. The number of hydrogen-bond acceptors (Lipinski definition) is 0. The highest BCUT2D eigenvalue weighted by atomic mass is 14.1. The Morgan fingerprint density at radius 3 is 2.11 bits per heavy atom. The Labute approximate surface area is 111 Å². The van der Waals surface area contributed by atoms with Gasteiger partial charge in [0, 0.05) is 0 Å². The summed E-state index contributed by atoms with van der Waals surface area (Å²) in [4.78, 5) is 0. The van der Waals surface area contributed by atoms with Gasteiger partial charge in [-0.15, -0.1) is 0 Å². The van der Waals surface area contributed by atoms with Crippen LogP contribution < -0.4 is 0 Å². The van der Waals surface area contributed by atoms with E-state index in [1.54, 1.807) is 0 Å². The van der Waals surface area contributed by atoms with Crippen LogP contribution in [0, 0.1) is 0 Å². The van der Waals surface area contributed by atoms with Gasteiger partial charge in [0.15, 0.2) is 0 Å². The van der Waals surface area contributed by atoms with Crippen molar-refractivity contribution in [3.05, 3.63) is 71.3 Å². The molecule has 0 aliphatic heterocycles. The molecular weight excluding hydrogens is 216 g/mol. The first-order chi connectivity index (χ1) is 8.79. The predicted octanol–water partition coefficient (Wildman–Crippen LogP) is 4.99. The van der Waals surface area contributed by atoms with Gasteiger partial charge in [0.05, 0.1) is 0 Å². The summed E-state index contributed by atoms with van der Waals surface area (Å²) < 4.78 is 0. The zero-order valence-electron chi connectivity index (χ0n) is 11.4. The fourth-order valence-electron chi connectivity index (χ4n) is 2.28. The lowest BCUT2D eigenvalue weighted by Gasteiger charge is -2.12. The molecule has 0 aliphatic carbocycles. The van der Waals surface area contributed by atoms with Gasteiger partial charge < -0.3 is 0 Å². The summed E-state index contributed by atoms with van der Waals surface area (Å²) in [5.41, 5.74) is 4.33. The first-order valence-corrected chi connectivity index (χ1v) is 6.92. The van der Waals surface area contributed by atoms with E-state index in [4.69, 9.17) is 0 Å². The number of hydrogen-bond donors (Lipinski definition) is 0. The highest BCUT2D eigenvalue weighted by molar-refractivity contribution is 5.25. The summed E-state index contributed by atoms with van der Waals surface area (Å²) in [7, 11) is 0. The van der Waals surface area contributed by atoms with Gasteiger partial charge in [-0.05, 0) is 41.9 Å². The molecule has 18 heavy (non-hydrogen) atoms. The van der Waals surface area contributed by atoms with E-state index in [0.717, 1.165) is 12.8 Å². The third-order valence-electron chi connectivity index (χ3n) is 3.67. The summed E-state index contributed by atoms with van der Waals surface area (Å²) >= 11 is 0. The lowest BCUT2D eigenvalue weighted by atomic mass is 9.93. The highest BCUT2D eigenvalue weighted by Gasteiger charge is 2.05. The van der Waals surface area contributed by atoms with Gasteiger partial charge in [-0.3, -0.25) is 0 Å². The summed E-state index contributed by atoms with van der Waals surface area (Å²) in [5.74, 6) is 0.635. The molecule has 0 nitrogen and oxygen atoms in total. The molecule has 0 aromatic heterocycles. The van der Waals surface area contributed by atoms with Crippen LogP contribution in [-0.4, -0.2) is 0 Å². The number of benzene rings is 2. The standard InChI is InChI=1S/C18H22/c1-3-16-11-13-18(14-12-16)15(2)9-10-17-7-5-4-6-8-17/h4-8,11-15H,3,9-10H2,1-2H3. The monoisotopic (exact) mass is 238 g/mol. The zero-order valence-corrected chi connectivity index (χ0v) is 11.4. The summed E-state index contributed by atoms with van der Waals surface area (Å²) in [6, 6.07) is 19.8. The Balaban J connectivity index is 1.93. The number of aryl methyl sites for hydroxylation is 2. The molecule has 0 saturated heterocycles. The second kappa shape index (κ2) is 6.39. The smallest absolute Gasteiger partial charge is 0.0187 e.